The lowest BCUT2D eigenvalue weighted by molar-refractivity contribution is -0.122. The van der Waals surface area contributed by atoms with E-state index in [1.54, 1.807) is 0 Å². The first-order chi connectivity index (χ1) is 9.53. The Balaban J connectivity index is 2.97. The van der Waals surface area contributed by atoms with Crippen molar-refractivity contribution in [1.29, 1.82) is 0 Å². The van der Waals surface area contributed by atoms with Crippen molar-refractivity contribution < 1.29 is 37.8 Å². The summed E-state index contributed by atoms with van der Waals surface area (Å²) in [6.45, 7) is -0.375. The van der Waals surface area contributed by atoms with Gasteiger partial charge in [0.15, 0.2) is 0 Å². The van der Waals surface area contributed by atoms with Crippen molar-refractivity contribution in [2.45, 2.75) is 13.1 Å². The fourth-order valence-corrected chi connectivity index (χ4v) is 2.42. The summed E-state index contributed by atoms with van der Waals surface area (Å²) in [6, 6.07) is -1.28. The summed E-state index contributed by atoms with van der Waals surface area (Å²) in [5.41, 5.74) is -0.564. The molecule has 0 spiro atoms. The molecule has 0 saturated carbocycles. The highest BCUT2D eigenvalue weighted by molar-refractivity contribution is 7.18. The van der Waals surface area contributed by atoms with Gasteiger partial charge < -0.3 is 15.5 Å². The third-order valence-electron chi connectivity index (χ3n) is 2.23. The van der Waals surface area contributed by atoms with Gasteiger partial charge in [0.2, 0.25) is 0 Å². The summed E-state index contributed by atoms with van der Waals surface area (Å²) in [5, 5.41) is 20.9. The van der Waals surface area contributed by atoms with Gasteiger partial charge in [-0.1, -0.05) is 0 Å². The van der Waals surface area contributed by atoms with Crippen LogP contribution in [0.4, 0.5) is 23.0 Å². The number of urea groups is 1. The van der Waals surface area contributed by atoms with Crippen LogP contribution >= 0.6 is 11.3 Å². The zero-order valence-corrected chi connectivity index (χ0v) is 11.2. The molecule has 0 unspecified atom stereocenters. The molecule has 0 fully saturated rings. The lowest BCUT2D eigenvalue weighted by atomic mass is 10.1. The maximum absolute atomic E-state index is 11.9. The quantitative estimate of drug-likeness (QED) is 0.676. The Hall–Kier alpha value is -2.30. The molecule has 0 bridgehead atoms. The third-order valence-corrected chi connectivity index (χ3v) is 3.43. The van der Waals surface area contributed by atoms with Gasteiger partial charge in [0, 0.05) is 0 Å². The Morgan fingerprint density at radius 2 is 1.76 bits per heavy atom. The van der Waals surface area contributed by atoms with Gasteiger partial charge >= 0.3 is 24.1 Å². The number of hydrogen-bond donors (Lipinski definition) is 4. The van der Waals surface area contributed by atoms with Crippen LogP contribution < -0.4 is 10.6 Å². The van der Waals surface area contributed by atoms with Gasteiger partial charge in [-0.15, -0.1) is 11.3 Å². The Morgan fingerprint density at radius 3 is 2.19 bits per heavy atom. The van der Waals surface area contributed by atoms with Crippen molar-refractivity contribution >= 4 is 34.3 Å². The van der Waals surface area contributed by atoms with Gasteiger partial charge in [0.25, 0.3) is 0 Å². The van der Waals surface area contributed by atoms with Crippen LogP contribution in [0, 0.1) is 6.92 Å². The van der Waals surface area contributed by atoms with Crippen LogP contribution in [0.15, 0.2) is 0 Å². The first-order valence-electron chi connectivity index (χ1n) is 5.24. The molecule has 2 amide bonds. The molecule has 0 saturated heterocycles. The van der Waals surface area contributed by atoms with Gasteiger partial charge in [0.1, 0.15) is 16.4 Å². The topological polar surface area (TPSA) is 116 Å². The molecule has 4 N–H and O–H groups in total. The number of amides is 2. The molecule has 0 aliphatic rings. The molecule has 1 aromatic heterocycles. The molecule has 0 atom stereocenters. The molecule has 0 aromatic carbocycles. The molecule has 7 nitrogen and oxygen atoms in total. The molecular weight excluding hydrogens is 317 g/mol. The van der Waals surface area contributed by atoms with Crippen molar-refractivity contribution in [2.75, 3.05) is 11.9 Å². The van der Waals surface area contributed by atoms with Crippen molar-refractivity contribution in [1.82, 2.24) is 5.32 Å². The molecule has 21 heavy (non-hydrogen) atoms. The Labute approximate surface area is 119 Å². The maximum atomic E-state index is 11.9. The monoisotopic (exact) mass is 326 g/mol. The summed E-state index contributed by atoms with van der Waals surface area (Å²) in [6.07, 6.45) is -4.62. The van der Waals surface area contributed by atoms with E-state index < -0.39 is 36.3 Å². The number of alkyl halides is 3. The zero-order valence-electron chi connectivity index (χ0n) is 10.4. The maximum Gasteiger partial charge on any atom is 0.405 e. The molecule has 1 rings (SSSR count). The van der Waals surface area contributed by atoms with E-state index in [1.807, 2.05) is 5.32 Å². The third kappa shape index (κ3) is 4.34. The van der Waals surface area contributed by atoms with E-state index in [2.05, 4.69) is 0 Å². The van der Waals surface area contributed by atoms with Crippen LogP contribution in [0.2, 0.25) is 0 Å². The summed E-state index contributed by atoms with van der Waals surface area (Å²) >= 11 is 0.451. The van der Waals surface area contributed by atoms with Crippen LogP contribution in [0.1, 0.15) is 25.6 Å². The normalized spacial score (nSPS) is 11.0. The molecule has 0 aliphatic heterocycles. The standard InChI is InChI=1S/C10H9F3N2O5S/c1-3-4(7(16)17)6(21-5(3)8(18)19)15-9(20)14-2-10(11,12)13/h2H2,1H3,(H,16,17)(H,18,19)(H2,14,15,20). The second kappa shape index (κ2) is 5.99. The van der Waals surface area contributed by atoms with Crippen molar-refractivity contribution in [3.8, 4) is 0 Å². The number of carbonyl (C=O) groups excluding carboxylic acids is 1. The van der Waals surface area contributed by atoms with Crippen LogP contribution in [-0.2, 0) is 0 Å². The minimum Gasteiger partial charge on any atom is -0.478 e. The lowest BCUT2D eigenvalue weighted by Crippen LogP contribution is -2.36. The van der Waals surface area contributed by atoms with E-state index in [0.717, 1.165) is 0 Å². The zero-order chi connectivity index (χ0) is 16.4. The first kappa shape index (κ1) is 16.8. The number of halogens is 3. The summed E-state index contributed by atoms with van der Waals surface area (Å²) < 4.78 is 35.8. The predicted molar refractivity (Wildman–Crippen MR) is 66.1 cm³/mol. The van der Waals surface area contributed by atoms with Crippen LogP contribution in [0.25, 0.3) is 0 Å². The molecule has 0 radical (unpaired) electrons. The highest BCUT2D eigenvalue weighted by Crippen LogP contribution is 2.33. The van der Waals surface area contributed by atoms with E-state index in [1.165, 1.54) is 12.2 Å². The number of carbonyl (C=O) groups is 3. The number of rotatable bonds is 4. The minimum absolute atomic E-state index is 0.0916. The van der Waals surface area contributed by atoms with E-state index in [4.69, 9.17) is 10.2 Å². The first-order valence-corrected chi connectivity index (χ1v) is 6.06. The van der Waals surface area contributed by atoms with Crippen LogP contribution in [0.3, 0.4) is 0 Å². The molecule has 1 heterocycles. The number of carboxylic acids is 2. The molecule has 116 valence electrons. The number of hydrogen-bond acceptors (Lipinski definition) is 4. The van der Waals surface area contributed by atoms with Gasteiger partial charge in [-0.05, 0) is 12.5 Å². The van der Waals surface area contributed by atoms with E-state index >= 15 is 0 Å². The molecular formula is C10H9F3N2O5S. The Bertz CT molecular complexity index is 596. The SMILES string of the molecule is Cc1c(C(=O)O)sc(NC(=O)NCC(F)(F)F)c1C(=O)O. The van der Waals surface area contributed by atoms with Crippen molar-refractivity contribution in [3.63, 3.8) is 0 Å². The lowest BCUT2D eigenvalue weighted by Gasteiger charge is -2.09. The summed E-state index contributed by atoms with van der Waals surface area (Å²) in [7, 11) is 0. The second-order valence-corrected chi connectivity index (χ2v) is 4.81. The number of aromatic carboxylic acids is 2. The number of carboxylic acid groups (broad SMARTS) is 2. The number of nitrogens with one attached hydrogen (secondary N) is 2. The molecule has 0 aliphatic carbocycles. The Morgan fingerprint density at radius 1 is 1.19 bits per heavy atom. The molecule has 11 heteroatoms. The van der Waals surface area contributed by atoms with E-state index in [9.17, 15) is 27.6 Å². The molecule has 1 aromatic rings. The van der Waals surface area contributed by atoms with Crippen molar-refractivity contribution in [3.05, 3.63) is 16.0 Å². The minimum atomic E-state index is -4.62. The average molecular weight is 326 g/mol. The summed E-state index contributed by atoms with van der Waals surface area (Å²) in [4.78, 5) is 32.9. The summed E-state index contributed by atoms with van der Waals surface area (Å²) in [5.74, 6) is -2.90. The fourth-order valence-electron chi connectivity index (χ4n) is 1.39. The predicted octanol–water partition coefficient (Wildman–Crippen LogP) is 2.14. The highest BCUT2D eigenvalue weighted by atomic mass is 32.1. The average Bonchev–Trinajstić information content (AvgIpc) is 2.62. The fraction of sp³-hybridized carbons (Fsp3) is 0.300. The number of anilines is 1. The van der Waals surface area contributed by atoms with Crippen LogP contribution in [0.5, 0.6) is 0 Å². The van der Waals surface area contributed by atoms with Gasteiger partial charge in [0.05, 0.1) is 5.56 Å². The van der Waals surface area contributed by atoms with Gasteiger partial charge in [-0.2, -0.15) is 13.2 Å². The van der Waals surface area contributed by atoms with Gasteiger partial charge in [-0.25, -0.2) is 14.4 Å². The van der Waals surface area contributed by atoms with E-state index in [0.29, 0.717) is 11.3 Å². The largest absolute Gasteiger partial charge is 0.478 e. The second-order valence-electron chi connectivity index (χ2n) is 3.79. The highest BCUT2D eigenvalue weighted by Gasteiger charge is 2.29. The van der Waals surface area contributed by atoms with Gasteiger partial charge in [-0.3, -0.25) is 5.32 Å². The van der Waals surface area contributed by atoms with E-state index in [-0.39, 0.29) is 15.4 Å². The number of thiophene rings is 1. The smallest absolute Gasteiger partial charge is 0.405 e. The van der Waals surface area contributed by atoms with Crippen LogP contribution in [-0.4, -0.2) is 40.9 Å². The van der Waals surface area contributed by atoms with Crippen molar-refractivity contribution in [2.24, 2.45) is 0 Å². The Kier molecular flexibility index (Phi) is 4.78.